The van der Waals surface area contributed by atoms with Gasteiger partial charge in [0.1, 0.15) is 11.4 Å². The molecule has 4 heterocycles. The lowest BCUT2D eigenvalue weighted by Gasteiger charge is -2.26. The van der Waals surface area contributed by atoms with Crippen LogP contribution in [0.25, 0.3) is 32.8 Å². The van der Waals surface area contributed by atoms with Crippen molar-refractivity contribution in [1.82, 2.24) is 19.2 Å². The number of morpholine rings is 1. The van der Waals surface area contributed by atoms with Crippen molar-refractivity contribution >= 4 is 27.6 Å². The first-order valence-electron chi connectivity index (χ1n) is 16.5. The Hall–Kier alpha value is -4.18. The Balaban J connectivity index is 1.26. The minimum atomic E-state index is -0.891. The molecule has 0 spiro atoms. The Morgan fingerprint density at radius 1 is 0.913 bits per heavy atom. The second kappa shape index (κ2) is 13.7. The molecule has 0 saturated carbocycles. The fourth-order valence-corrected chi connectivity index (χ4v) is 7.16. The number of carboxylic acid groups (broad SMARTS) is 1. The SMILES string of the molecule is Cn1nc(CCN2CCOCC2)c2c1COCCCCn1c(C(=O)O)c(CCCOc3cccc4ccccc34)c3cccc-2c31. The maximum absolute atomic E-state index is 13.0. The second-order valence-corrected chi connectivity index (χ2v) is 12.3. The average Bonchev–Trinajstić information content (AvgIpc) is 3.56. The van der Waals surface area contributed by atoms with E-state index in [0.29, 0.717) is 44.9 Å². The molecular formula is C37H42N4O5. The highest BCUT2D eigenvalue weighted by molar-refractivity contribution is 6.04. The van der Waals surface area contributed by atoms with Gasteiger partial charge in [-0.1, -0.05) is 54.6 Å². The standard InChI is InChI=1S/C37H42N4O5/c1-39-32-25-45-21-5-4-17-41-35-28(12-7-13-30(35)34(32)31(38-39)16-18-40-19-23-44-24-20-40)29(36(41)37(42)43)14-8-22-46-33-15-6-10-26-9-2-3-11-27(26)33/h2-3,6-7,9-13,15H,4-5,8,14,16-25H2,1H3,(H,42,43). The number of carbonyl (C=O) groups is 1. The Bertz CT molecular complexity index is 1850. The minimum Gasteiger partial charge on any atom is -0.493 e. The number of benzene rings is 3. The molecule has 3 aromatic carbocycles. The van der Waals surface area contributed by atoms with Gasteiger partial charge < -0.3 is 23.9 Å². The number of aromatic nitrogens is 3. The molecule has 2 aromatic heterocycles. The molecule has 0 aliphatic carbocycles. The van der Waals surface area contributed by atoms with Crippen LogP contribution in [0.1, 0.15) is 46.7 Å². The molecule has 0 amide bonds. The maximum atomic E-state index is 13.0. The van der Waals surface area contributed by atoms with Crippen molar-refractivity contribution in [3.8, 4) is 16.9 Å². The average molecular weight is 623 g/mol. The number of carboxylic acids is 1. The number of hydrogen-bond acceptors (Lipinski definition) is 6. The van der Waals surface area contributed by atoms with Gasteiger partial charge in [-0.2, -0.15) is 5.10 Å². The van der Waals surface area contributed by atoms with Crippen molar-refractivity contribution in [3.05, 3.63) is 83.3 Å². The molecular weight excluding hydrogens is 580 g/mol. The highest BCUT2D eigenvalue weighted by Gasteiger charge is 2.28. The number of para-hydroxylation sites is 1. The summed E-state index contributed by atoms with van der Waals surface area (Å²) in [6.07, 6.45) is 3.78. The van der Waals surface area contributed by atoms with Crippen LogP contribution >= 0.6 is 0 Å². The number of aryl methyl sites for hydroxylation is 3. The van der Waals surface area contributed by atoms with Gasteiger partial charge in [-0.3, -0.25) is 9.58 Å². The van der Waals surface area contributed by atoms with E-state index in [1.807, 2.05) is 36.0 Å². The van der Waals surface area contributed by atoms with Crippen LogP contribution in [0.4, 0.5) is 0 Å². The Labute approximate surface area is 269 Å². The summed E-state index contributed by atoms with van der Waals surface area (Å²) in [4.78, 5) is 15.4. The fraction of sp³-hybridized carbons (Fsp3) is 0.405. The number of aromatic carboxylic acids is 1. The van der Waals surface area contributed by atoms with E-state index < -0.39 is 5.97 Å². The Kier molecular flexibility index (Phi) is 9.05. The number of hydrogen-bond donors (Lipinski definition) is 1. The van der Waals surface area contributed by atoms with Gasteiger partial charge in [-0.25, -0.2) is 4.79 Å². The zero-order valence-electron chi connectivity index (χ0n) is 26.5. The van der Waals surface area contributed by atoms with E-state index in [-0.39, 0.29) is 0 Å². The second-order valence-electron chi connectivity index (χ2n) is 12.3. The van der Waals surface area contributed by atoms with Crippen LogP contribution in [0.2, 0.25) is 0 Å². The number of fused-ring (bicyclic) bond motifs is 3. The lowest BCUT2D eigenvalue weighted by atomic mass is 9.97. The van der Waals surface area contributed by atoms with E-state index >= 15 is 0 Å². The largest absolute Gasteiger partial charge is 0.493 e. The number of nitrogens with zero attached hydrogens (tertiary/aromatic N) is 4. The summed E-state index contributed by atoms with van der Waals surface area (Å²) in [5, 5.41) is 18.9. The summed E-state index contributed by atoms with van der Waals surface area (Å²) in [6, 6.07) is 20.6. The fourth-order valence-electron chi connectivity index (χ4n) is 7.16. The van der Waals surface area contributed by atoms with Gasteiger partial charge in [0, 0.05) is 68.2 Å². The van der Waals surface area contributed by atoms with Gasteiger partial charge in [-0.15, -0.1) is 0 Å². The van der Waals surface area contributed by atoms with Gasteiger partial charge in [0.15, 0.2) is 0 Å². The van der Waals surface area contributed by atoms with Crippen molar-refractivity contribution in [2.45, 2.75) is 45.3 Å². The van der Waals surface area contributed by atoms with Crippen LogP contribution in [0, 0.1) is 0 Å². The van der Waals surface area contributed by atoms with Crippen molar-refractivity contribution < 1.29 is 24.1 Å². The first kappa shape index (κ1) is 30.5. The quantitative estimate of drug-likeness (QED) is 0.199. The maximum Gasteiger partial charge on any atom is 0.352 e. The first-order valence-corrected chi connectivity index (χ1v) is 16.5. The highest BCUT2D eigenvalue weighted by Crippen LogP contribution is 2.39. The smallest absolute Gasteiger partial charge is 0.352 e. The van der Waals surface area contributed by atoms with Gasteiger partial charge in [-0.05, 0) is 42.7 Å². The first-order chi connectivity index (χ1) is 22.6. The van der Waals surface area contributed by atoms with Crippen LogP contribution in [-0.4, -0.2) is 76.4 Å². The third-order valence-corrected chi connectivity index (χ3v) is 9.40. The molecule has 5 aromatic rings. The van der Waals surface area contributed by atoms with Gasteiger partial charge in [0.05, 0.1) is 43.3 Å². The molecule has 0 radical (unpaired) electrons. The van der Waals surface area contributed by atoms with Gasteiger partial charge in [0.2, 0.25) is 0 Å². The molecule has 9 heteroatoms. The van der Waals surface area contributed by atoms with E-state index in [1.54, 1.807) is 0 Å². The summed E-state index contributed by atoms with van der Waals surface area (Å²) in [6.45, 7) is 6.46. The summed E-state index contributed by atoms with van der Waals surface area (Å²) in [7, 11) is 1.99. The molecule has 0 bridgehead atoms. The van der Waals surface area contributed by atoms with Crippen LogP contribution in [0.3, 0.4) is 0 Å². The minimum absolute atomic E-state index is 0.382. The van der Waals surface area contributed by atoms with Crippen LogP contribution in [-0.2, 0) is 42.5 Å². The number of rotatable bonds is 9. The van der Waals surface area contributed by atoms with Crippen molar-refractivity contribution in [3.63, 3.8) is 0 Å². The Morgan fingerprint density at radius 2 is 1.72 bits per heavy atom. The van der Waals surface area contributed by atoms with Crippen molar-refractivity contribution in [1.29, 1.82) is 0 Å². The summed E-state index contributed by atoms with van der Waals surface area (Å²) >= 11 is 0. The molecule has 46 heavy (non-hydrogen) atoms. The molecule has 2 aliphatic rings. The molecule has 1 saturated heterocycles. The van der Waals surface area contributed by atoms with Crippen LogP contribution in [0.15, 0.2) is 60.7 Å². The van der Waals surface area contributed by atoms with Crippen molar-refractivity contribution in [2.75, 3.05) is 46.1 Å². The molecule has 9 nitrogen and oxygen atoms in total. The zero-order valence-corrected chi connectivity index (χ0v) is 26.5. The highest BCUT2D eigenvalue weighted by atomic mass is 16.5. The van der Waals surface area contributed by atoms with E-state index in [2.05, 4.69) is 45.9 Å². The van der Waals surface area contributed by atoms with Gasteiger partial charge in [0.25, 0.3) is 0 Å². The summed E-state index contributed by atoms with van der Waals surface area (Å²) in [5.41, 5.74) is 6.39. The molecule has 0 unspecified atom stereocenters. The van der Waals surface area contributed by atoms with E-state index in [4.69, 9.17) is 19.3 Å². The van der Waals surface area contributed by atoms with E-state index in [9.17, 15) is 9.90 Å². The predicted molar refractivity (Wildman–Crippen MR) is 179 cm³/mol. The van der Waals surface area contributed by atoms with E-state index in [1.165, 1.54) is 0 Å². The predicted octanol–water partition coefficient (Wildman–Crippen LogP) is 6.09. The monoisotopic (exact) mass is 622 g/mol. The topological polar surface area (TPSA) is 91.0 Å². The third-order valence-electron chi connectivity index (χ3n) is 9.40. The van der Waals surface area contributed by atoms with E-state index in [0.717, 1.165) is 108 Å². The summed E-state index contributed by atoms with van der Waals surface area (Å²) in [5.74, 6) is -0.0381. The molecule has 2 aliphatic heterocycles. The van der Waals surface area contributed by atoms with Crippen LogP contribution in [0.5, 0.6) is 5.75 Å². The lowest BCUT2D eigenvalue weighted by Crippen LogP contribution is -2.37. The Morgan fingerprint density at radius 3 is 2.59 bits per heavy atom. The zero-order chi connectivity index (χ0) is 31.5. The normalized spacial score (nSPS) is 15.9. The molecule has 1 N–H and O–H groups in total. The molecule has 240 valence electrons. The molecule has 0 atom stereocenters. The van der Waals surface area contributed by atoms with Gasteiger partial charge >= 0.3 is 5.97 Å². The molecule has 7 rings (SSSR count). The van der Waals surface area contributed by atoms with Crippen LogP contribution < -0.4 is 4.74 Å². The number of ether oxygens (including phenoxy) is 3. The molecule has 1 fully saturated rings. The lowest BCUT2D eigenvalue weighted by molar-refractivity contribution is 0.0383. The van der Waals surface area contributed by atoms with Crippen molar-refractivity contribution in [2.24, 2.45) is 7.05 Å². The third kappa shape index (κ3) is 6.02. The summed E-state index contributed by atoms with van der Waals surface area (Å²) < 4.78 is 22.0.